The number of rotatable bonds is 2. The van der Waals surface area contributed by atoms with E-state index in [1.807, 2.05) is 30.3 Å². The van der Waals surface area contributed by atoms with Crippen molar-refractivity contribution in [2.75, 3.05) is 23.7 Å². The van der Waals surface area contributed by atoms with Crippen LogP contribution in [0.3, 0.4) is 0 Å². The Morgan fingerprint density at radius 2 is 2.32 bits per heavy atom. The van der Waals surface area contributed by atoms with Crippen molar-refractivity contribution in [1.29, 1.82) is 5.26 Å². The molecular formula is C16H16N4OS. The summed E-state index contributed by atoms with van der Waals surface area (Å²) in [5, 5.41) is 13.0. The molecule has 2 heterocycles. The number of anilines is 1. The first-order valence-electron chi connectivity index (χ1n) is 7.23. The summed E-state index contributed by atoms with van der Waals surface area (Å²) in [5.41, 5.74) is 2.17. The Balaban J connectivity index is 1.80. The number of benzene rings is 1. The van der Waals surface area contributed by atoms with Crippen LogP contribution in [-0.2, 0) is 11.2 Å². The zero-order valence-electron chi connectivity index (χ0n) is 12.1. The van der Waals surface area contributed by atoms with Crippen molar-refractivity contribution >= 4 is 28.5 Å². The van der Waals surface area contributed by atoms with E-state index in [2.05, 4.69) is 10.3 Å². The monoisotopic (exact) mass is 312 g/mol. The third-order valence-corrected chi connectivity index (χ3v) is 4.54. The summed E-state index contributed by atoms with van der Waals surface area (Å²) in [5.74, 6) is 0.677. The first-order chi connectivity index (χ1) is 10.8. The van der Waals surface area contributed by atoms with Gasteiger partial charge in [0.2, 0.25) is 0 Å². The highest BCUT2D eigenvalue weighted by Gasteiger charge is 2.24. The number of amides is 1. The minimum absolute atomic E-state index is 0.104. The van der Waals surface area contributed by atoms with E-state index < -0.39 is 0 Å². The molecule has 22 heavy (non-hydrogen) atoms. The van der Waals surface area contributed by atoms with Gasteiger partial charge >= 0.3 is 0 Å². The van der Waals surface area contributed by atoms with E-state index in [1.165, 1.54) is 6.20 Å². The summed E-state index contributed by atoms with van der Waals surface area (Å²) in [6.45, 7) is 1.42. The van der Waals surface area contributed by atoms with Crippen LogP contribution in [0.4, 0.5) is 5.69 Å². The van der Waals surface area contributed by atoms with E-state index in [-0.39, 0.29) is 11.5 Å². The maximum Gasteiger partial charge on any atom is 0.270 e. The standard InChI is InChI=1S/C16H16N4OS/c17-10-13(11-19-16-18-7-9-22-16)15(21)20-8-3-5-12-4-1-2-6-14(12)20/h1-2,4,6,11H,3,5,7-9H2,(H,18,19)/b13-11-. The number of hydrogen-bond donors (Lipinski definition) is 1. The van der Waals surface area contributed by atoms with Gasteiger partial charge in [-0.2, -0.15) is 5.26 Å². The highest BCUT2D eigenvalue weighted by atomic mass is 32.2. The topological polar surface area (TPSA) is 68.5 Å². The number of nitrogens with one attached hydrogen (secondary N) is 1. The Morgan fingerprint density at radius 1 is 1.45 bits per heavy atom. The second-order valence-electron chi connectivity index (χ2n) is 5.04. The lowest BCUT2D eigenvalue weighted by molar-refractivity contribution is -0.114. The van der Waals surface area contributed by atoms with Gasteiger partial charge in [-0.3, -0.25) is 9.79 Å². The van der Waals surface area contributed by atoms with Crippen LogP contribution in [0.5, 0.6) is 0 Å². The molecule has 0 aromatic heterocycles. The molecule has 1 aromatic carbocycles. The van der Waals surface area contributed by atoms with Crippen LogP contribution in [0.2, 0.25) is 0 Å². The minimum atomic E-state index is -0.259. The summed E-state index contributed by atoms with van der Waals surface area (Å²) in [6, 6.07) is 9.86. The van der Waals surface area contributed by atoms with Gasteiger partial charge in [0.1, 0.15) is 11.6 Å². The Kier molecular flexibility index (Phi) is 4.45. The third-order valence-electron chi connectivity index (χ3n) is 3.63. The largest absolute Gasteiger partial charge is 0.340 e. The number of aryl methyl sites for hydroxylation is 1. The van der Waals surface area contributed by atoms with Gasteiger partial charge in [-0.1, -0.05) is 30.0 Å². The van der Waals surface area contributed by atoms with E-state index in [0.717, 1.165) is 41.6 Å². The maximum atomic E-state index is 12.6. The molecule has 0 unspecified atom stereocenters. The van der Waals surface area contributed by atoms with E-state index in [1.54, 1.807) is 16.7 Å². The van der Waals surface area contributed by atoms with E-state index >= 15 is 0 Å². The normalized spacial score (nSPS) is 17.5. The van der Waals surface area contributed by atoms with Crippen molar-refractivity contribution in [1.82, 2.24) is 5.32 Å². The fraction of sp³-hybridized carbons (Fsp3) is 0.312. The number of para-hydroxylation sites is 1. The lowest BCUT2D eigenvalue weighted by Crippen LogP contribution is -2.36. The smallest absolute Gasteiger partial charge is 0.270 e. The lowest BCUT2D eigenvalue weighted by Gasteiger charge is -2.29. The predicted octanol–water partition coefficient (Wildman–Crippen LogP) is 2.07. The first-order valence-corrected chi connectivity index (χ1v) is 8.22. The van der Waals surface area contributed by atoms with Crippen molar-refractivity contribution in [3.63, 3.8) is 0 Å². The number of thioether (sulfide) groups is 1. The van der Waals surface area contributed by atoms with Crippen LogP contribution in [0.15, 0.2) is 41.0 Å². The summed E-state index contributed by atoms with van der Waals surface area (Å²) in [6.07, 6.45) is 3.35. The number of carbonyl (C=O) groups excluding carboxylic acids is 1. The molecule has 3 rings (SSSR count). The molecule has 1 N–H and O–H groups in total. The molecule has 1 aromatic rings. The van der Waals surface area contributed by atoms with E-state index in [4.69, 9.17) is 0 Å². The van der Waals surface area contributed by atoms with Crippen molar-refractivity contribution in [3.05, 3.63) is 41.6 Å². The van der Waals surface area contributed by atoms with Crippen LogP contribution in [0, 0.1) is 11.3 Å². The number of carbonyl (C=O) groups is 1. The molecular weight excluding hydrogens is 296 g/mol. The Bertz CT molecular complexity index is 690. The zero-order chi connectivity index (χ0) is 15.4. The summed E-state index contributed by atoms with van der Waals surface area (Å²) >= 11 is 1.59. The highest BCUT2D eigenvalue weighted by molar-refractivity contribution is 8.14. The Hall–Kier alpha value is -2.26. The van der Waals surface area contributed by atoms with Crippen molar-refractivity contribution in [2.45, 2.75) is 12.8 Å². The van der Waals surface area contributed by atoms with Crippen LogP contribution in [0.25, 0.3) is 0 Å². The molecule has 0 bridgehead atoms. The molecule has 6 heteroatoms. The lowest BCUT2D eigenvalue weighted by atomic mass is 10.0. The second-order valence-corrected chi connectivity index (χ2v) is 6.12. The molecule has 0 aliphatic carbocycles. The van der Waals surface area contributed by atoms with E-state index in [9.17, 15) is 10.1 Å². The molecule has 0 radical (unpaired) electrons. The van der Waals surface area contributed by atoms with Crippen molar-refractivity contribution in [2.24, 2.45) is 4.99 Å². The van der Waals surface area contributed by atoms with Crippen LogP contribution < -0.4 is 10.2 Å². The van der Waals surface area contributed by atoms with Gasteiger partial charge in [0.05, 0.1) is 6.54 Å². The predicted molar refractivity (Wildman–Crippen MR) is 88.7 cm³/mol. The molecule has 0 atom stereocenters. The van der Waals surface area contributed by atoms with Crippen molar-refractivity contribution in [3.8, 4) is 6.07 Å². The molecule has 2 aliphatic rings. The van der Waals surface area contributed by atoms with Gasteiger partial charge in [-0.05, 0) is 24.5 Å². The van der Waals surface area contributed by atoms with Gasteiger partial charge in [0, 0.05) is 24.2 Å². The van der Waals surface area contributed by atoms with Gasteiger partial charge in [0.15, 0.2) is 5.17 Å². The first kappa shape index (κ1) is 14.7. The molecule has 2 aliphatic heterocycles. The SMILES string of the molecule is N#C/C(=C/NC1=NCCS1)C(=O)N1CCCc2ccccc21. The molecule has 1 amide bonds. The number of fused-ring (bicyclic) bond motifs is 1. The molecule has 0 spiro atoms. The number of aliphatic imine (C=N–C) groups is 1. The van der Waals surface area contributed by atoms with Gasteiger partial charge in [-0.15, -0.1) is 0 Å². The number of hydrogen-bond acceptors (Lipinski definition) is 5. The van der Waals surface area contributed by atoms with Crippen LogP contribution in [0.1, 0.15) is 12.0 Å². The van der Waals surface area contributed by atoms with Crippen LogP contribution >= 0.6 is 11.8 Å². The van der Waals surface area contributed by atoms with E-state index in [0.29, 0.717) is 6.54 Å². The minimum Gasteiger partial charge on any atom is -0.340 e. The maximum absolute atomic E-state index is 12.6. The quantitative estimate of drug-likeness (QED) is 0.670. The third kappa shape index (κ3) is 3.00. The van der Waals surface area contributed by atoms with Gasteiger partial charge < -0.3 is 10.2 Å². The Morgan fingerprint density at radius 3 is 3.09 bits per heavy atom. The second kappa shape index (κ2) is 6.67. The van der Waals surface area contributed by atoms with Crippen molar-refractivity contribution < 1.29 is 4.79 Å². The number of nitriles is 1. The Labute approximate surface area is 133 Å². The molecule has 0 fully saturated rings. The summed E-state index contributed by atoms with van der Waals surface area (Å²) < 4.78 is 0. The summed E-state index contributed by atoms with van der Waals surface area (Å²) in [4.78, 5) is 18.6. The summed E-state index contributed by atoms with van der Waals surface area (Å²) in [7, 11) is 0. The number of nitrogens with zero attached hydrogens (tertiary/aromatic N) is 3. The highest BCUT2D eigenvalue weighted by Crippen LogP contribution is 2.27. The number of amidine groups is 1. The molecule has 0 saturated carbocycles. The molecule has 112 valence electrons. The molecule has 5 nitrogen and oxygen atoms in total. The van der Waals surface area contributed by atoms with Gasteiger partial charge in [-0.25, -0.2) is 0 Å². The average Bonchev–Trinajstić information content (AvgIpc) is 3.08. The molecule has 0 saturated heterocycles. The fourth-order valence-electron chi connectivity index (χ4n) is 2.59. The zero-order valence-corrected chi connectivity index (χ0v) is 12.9. The van der Waals surface area contributed by atoms with Gasteiger partial charge in [0.25, 0.3) is 5.91 Å². The fourth-order valence-corrected chi connectivity index (χ4v) is 3.29. The average molecular weight is 312 g/mol. The van der Waals surface area contributed by atoms with Crippen LogP contribution in [-0.4, -0.2) is 29.9 Å².